The summed E-state index contributed by atoms with van der Waals surface area (Å²) in [6, 6.07) is 0. The summed E-state index contributed by atoms with van der Waals surface area (Å²) in [6.45, 7) is 6.10. The molecule has 0 saturated heterocycles. The van der Waals surface area contributed by atoms with Crippen LogP contribution in [-0.4, -0.2) is 103 Å². The summed E-state index contributed by atoms with van der Waals surface area (Å²) in [5.41, 5.74) is -4.70. The van der Waals surface area contributed by atoms with Gasteiger partial charge in [0, 0.05) is 60.8 Å². The van der Waals surface area contributed by atoms with Gasteiger partial charge in [-0.1, -0.05) is 66.2 Å². The maximum atomic E-state index is 12.4. The van der Waals surface area contributed by atoms with Gasteiger partial charge in [-0.05, 0) is 25.7 Å². The largest absolute Gasteiger partial charge is 1.00 e. The van der Waals surface area contributed by atoms with Gasteiger partial charge in [-0.25, -0.2) is 0 Å². The topological polar surface area (TPSA) is 338 Å². The van der Waals surface area contributed by atoms with Gasteiger partial charge in [-0.15, -0.1) is 0 Å². The number of unbranched alkanes of at least 4 members (excludes halogenated alkanes) is 6. The number of Topliss-reactive ketones (excluding diaryl/α,β-unsaturated/α-hetero) is 4. The van der Waals surface area contributed by atoms with Crippen LogP contribution in [0.3, 0.4) is 0 Å². The van der Waals surface area contributed by atoms with Crippen molar-refractivity contribution < 1.29 is 144 Å². The molecular formula is C34H50Na2O18S2. The Labute approximate surface area is 370 Å². The van der Waals surface area contributed by atoms with E-state index in [9.17, 15) is 85.3 Å². The van der Waals surface area contributed by atoms with E-state index in [0.29, 0.717) is 12.8 Å². The van der Waals surface area contributed by atoms with E-state index >= 15 is 0 Å². The van der Waals surface area contributed by atoms with Gasteiger partial charge >= 0.3 is 59.1 Å². The molecule has 0 spiro atoms. The van der Waals surface area contributed by atoms with Crippen molar-refractivity contribution >= 4 is 55.3 Å². The van der Waals surface area contributed by atoms with E-state index in [4.69, 9.17) is 0 Å². The zero-order valence-corrected chi connectivity index (χ0v) is 38.3. The van der Waals surface area contributed by atoms with Crippen LogP contribution >= 0.6 is 0 Å². The number of hydrogen-bond acceptors (Lipinski definition) is 16. The summed E-state index contributed by atoms with van der Waals surface area (Å²) in [6.07, 6.45) is -0.126. The molecule has 0 fully saturated rings. The molecule has 2 rings (SSSR count). The van der Waals surface area contributed by atoms with Gasteiger partial charge in [-0.2, -0.15) is 16.8 Å². The van der Waals surface area contributed by atoms with Gasteiger partial charge in [0.25, 0.3) is 20.2 Å². The van der Waals surface area contributed by atoms with E-state index in [1.807, 2.05) is 13.8 Å². The molecule has 0 aromatic rings. The van der Waals surface area contributed by atoms with E-state index < -0.39 is 150 Å². The van der Waals surface area contributed by atoms with Crippen molar-refractivity contribution in [2.45, 2.75) is 151 Å². The monoisotopic (exact) mass is 856 g/mol. The van der Waals surface area contributed by atoms with Gasteiger partial charge < -0.3 is 40.2 Å². The Morgan fingerprint density at radius 1 is 0.536 bits per heavy atom. The molecule has 0 heterocycles. The van der Waals surface area contributed by atoms with Crippen LogP contribution in [0.15, 0.2) is 22.3 Å². The fourth-order valence-electron chi connectivity index (χ4n) is 7.15. The van der Waals surface area contributed by atoms with Crippen LogP contribution in [0.4, 0.5) is 0 Å². The zero-order chi connectivity index (χ0) is 42.1. The van der Waals surface area contributed by atoms with Crippen molar-refractivity contribution in [3.8, 4) is 0 Å². The first-order chi connectivity index (χ1) is 24.7. The number of carboxylic acid groups (broad SMARTS) is 2. The number of aliphatic carboxylic acids is 2. The summed E-state index contributed by atoms with van der Waals surface area (Å²) in [4.78, 5) is 71.8. The second-order valence-electron chi connectivity index (χ2n) is 13.3. The third-order valence-electron chi connectivity index (χ3n) is 9.92. The summed E-state index contributed by atoms with van der Waals surface area (Å²) < 4.78 is 62.6. The maximum Gasteiger partial charge on any atom is 1.00 e. The van der Waals surface area contributed by atoms with Gasteiger partial charge in [0.05, 0.1) is 11.9 Å². The summed E-state index contributed by atoms with van der Waals surface area (Å²) in [5.74, 6) is -14.8. The van der Waals surface area contributed by atoms with Crippen molar-refractivity contribution in [1.29, 1.82) is 0 Å². The molecule has 0 aliphatic heterocycles. The quantitative estimate of drug-likeness (QED) is 0.0218. The number of carboxylic acids is 2. The molecule has 2 unspecified atom stereocenters. The standard InChI is InChI=1S/2C17H26O9S.2Na/c2*1-3-5-6-7-10-17(22,23)16(4-2,27(24,25)26)14-12(19)9-8-11(18)13(14)15(20)21;;/h2*22-23H,3-10H2,1-2H3,(H,20,21)(H,24,25,26);;/q;;2*+1/p-2. The molecule has 2 aliphatic rings. The average Bonchev–Trinajstić information content (AvgIpc) is 3.04. The average molecular weight is 857 g/mol. The van der Waals surface area contributed by atoms with Crippen LogP contribution in [0.2, 0.25) is 0 Å². The van der Waals surface area contributed by atoms with Gasteiger partial charge in [0.15, 0.2) is 44.2 Å². The Kier molecular flexibility index (Phi) is 23.3. The molecule has 56 heavy (non-hydrogen) atoms. The third-order valence-corrected chi connectivity index (χ3v) is 13.3. The first-order valence-electron chi connectivity index (χ1n) is 17.6. The molecular weight excluding hydrogens is 806 g/mol. The van der Waals surface area contributed by atoms with Crippen molar-refractivity contribution in [3.05, 3.63) is 22.3 Å². The molecule has 2 aliphatic carbocycles. The van der Waals surface area contributed by atoms with E-state index in [1.54, 1.807) is 0 Å². The van der Waals surface area contributed by atoms with Crippen LogP contribution in [0, 0.1) is 0 Å². The molecule has 0 bridgehead atoms. The normalized spacial score (nSPS) is 17.9. The summed E-state index contributed by atoms with van der Waals surface area (Å²) >= 11 is 0. The van der Waals surface area contributed by atoms with Crippen LogP contribution in [0.5, 0.6) is 0 Å². The molecule has 0 radical (unpaired) electrons. The molecule has 0 aromatic heterocycles. The molecule has 2 atom stereocenters. The predicted molar refractivity (Wildman–Crippen MR) is 184 cm³/mol. The molecule has 6 N–H and O–H groups in total. The Bertz CT molecular complexity index is 1640. The first-order valence-corrected chi connectivity index (χ1v) is 20.5. The summed E-state index contributed by atoms with van der Waals surface area (Å²) in [7, 11) is -10.8. The van der Waals surface area contributed by atoms with Crippen LogP contribution in [-0.2, 0) is 49.0 Å². The Hall–Kier alpha value is -1.24. The fourth-order valence-corrected chi connectivity index (χ4v) is 9.86. The minimum Gasteiger partial charge on any atom is -0.545 e. The molecule has 0 amide bonds. The van der Waals surface area contributed by atoms with Crippen molar-refractivity contribution in [2.24, 2.45) is 0 Å². The fraction of sp³-hybridized carbons (Fsp3) is 0.706. The number of aliphatic hydroxyl groups is 4. The number of ketones is 4. The number of hydrogen-bond donors (Lipinski definition) is 6. The smallest absolute Gasteiger partial charge is 0.545 e. The van der Waals surface area contributed by atoms with Gasteiger partial charge in [0.2, 0.25) is 0 Å². The van der Waals surface area contributed by atoms with E-state index in [0.717, 1.165) is 39.5 Å². The Morgan fingerprint density at radius 3 is 1.02 bits per heavy atom. The zero-order valence-electron chi connectivity index (χ0n) is 32.7. The van der Waals surface area contributed by atoms with Crippen molar-refractivity contribution in [2.75, 3.05) is 0 Å². The number of rotatable bonds is 20. The van der Waals surface area contributed by atoms with Crippen molar-refractivity contribution in [1.82, 2.24) is 0 Å². The summed E-state index contributed by atoms with van der Waals surface area (Å²) in [5, 5.41) is 65.4. The third kappa shape index (κ3) is 11.9. The van der Waals surface area contributed by atoms with E-state index in [2.05, 4.69) is 0 Å². The van der Waals surface area contributed by atoms with Crippen LogP contribution in [0.25, 0.3) is 0 Å². The molecule has 18 nitrogen and oxygen atoms in total. The maximum absolute atomic E-state index is 12.4. The number of carbonyl (C=O) groups excluding carboxylic acids is 6. The van der Waals surface area contributed by atoms with Gasteiger partial charge in [-0.3, -0.25) is 28.3 Å². The SMILES string of the molecule is CCCCCCC(O)(O)C(CC)(C1=C(C(=O)[O-])C(=O)CCC1=O)S(=O)(=O)O.CCCCCCC(O)(O)C(CC)(C1=C(C(=O)[O-])C(=O)CCC1=O)S(=O)(=O)O.[Na+].[Na+]. The molecule has 308 valence electrons. The molecule has 22 heteroatoms. The van der Waals surface area contributed by atoms with Gasteiger partial charge in [0.1, 0.15) is 0 Å². The Morgan fingerprint density at radius 2 is 0.804 bits per heavy atom. The molecule has 0 aromatic carbocycles. The predicted octanol–water partition coefficient (Wildman–Crippen LogP) is -6.69. The minimum atomic E-state index is -5.42. The van der Waals surface area contributed by atoms with Crippen molar-refractivity contribution in [3.63, 3.8) is 0 Å². The second kappa shape index (κ2) is 22.9. The minimum absolute atomic E-state index is 0. The number of carbonyl (C=O) groups is 6. The van der Waals surface area contributed by atoms with E-state index in [1.165, 1.54) is 0 Å². The first kappa shape index (κ1) is 56.9. The second-order valence-corrected chi connectivity index (χ2v) is 16.6. The van der Waals surface area contributed by atoms with E-state index in [-0.39, 0.29) is 72.0 Å². The van der Waals surface area contributed by atoms with Crippen LogP contribution < -0.4 is 69.3 Å². The Balaban J connectivity index is 0. The molecule has 0 saturated carbocycles. The van der Waals surface area contributed by atoms with Crippen LogP contribution in [0.1, 0.15) is 130 Å².